The van der Waals surface area contributed by atoms with Gasteiger partial charge >= 0.3 is 6.03 Å². The van der Waals surface area contributed by atoms with Gasteiger partial charge in [-0.1, -0.05) is 24.4 Å². The monoisotopic (exact) mass is 337 g/mol. The summed E-state index contributed by atoms with van der Waals surface area (Å²) in [4.78, 5) is 18.4. The van der Waals surface area contributed by atoms with E-state index in [0.717, 1.165) is 25.9 Å². The lowest BCUT2D eigenvalue weighted by Crippen LogP contribution is -2.64. The predicted molar refractivity (Wildman–Crippen MR) is 90.7 cm³/mol. The van der Waals surface area contributed by atoms with Crippen LogP contribution in [0.4, 0.5) is 10.5 Å². The van der Waals surface area contributed by atoms with E-state index in [4.69, 9.17) is 16.3 Å². The van der Waals surface area contributed by atoms with Crippen molar-refractivity contribution in [3.8, 4) is 0 Å². The zero-order valence-electron chi connectivity index (χ0n) is 13.7. The Morgan fingerprint density at radius 3 is 2.83 bits per heavy atom. The molecule has 2 aliphatic carbocycles. The van der Waals surface area contributed by atoms with Gasteiger partial charge in [-0.15, -0.1) is 0 Å². The number of hydrogen-bond donors (Lipinski definition) is 1. The van der Waals surface area contributed by atoms with Gasteiger partial charge in [-0.3, -0.25) is 0 Å². The number of urea groups is 1. The molecule has 2 fully saturated rings. The number of ether oxygens (including phenoxy) is 1. The maximum Gasteiger partial charge on any atom is 0.321 e. The molecule has 1 heterocycles. The number of halogens is 1. The fourth-order valence-electron chi connectivity index (χ4n) is 4.20. The normalized spacial score (nSPS) is 25.2. The molecule has 6 heteroatoms. The third-order valence-electron chi connectivity index (χ3n) is 5.41. The Morgan fingerprint density at radius 2 is 2.22 bits per heavy atom. The summed E-state index contributed by atoms with van der Waals surface area (Å²) in [7, 11) is 1.88. The van der Waals surface area contributed by atoms with Crippen LogP contribution in [0.3, 0.4) is 0 Å². The van der Waals surface area contributed by atoms with Gasteiger partial charge in [0, 0.05) is 25.1 Å². The van der Waals surface area contributed by atoms with Crippen LogP contribution in [0.15, 0.2) is 18.3 Å². The molecule has 1 aromatic rings. The molecular formula is C17H24ClN3O2. The predicted octanol–water partition coefficient (Wildman–Crippen LogP) is 3.94. The van der Waals surface area contributed by atoms with E-state index in [-0.39, 0.29) is 17.5 Å². The van der Waals surface area contributed by atoms with E-state index < -0.39 is 0 Å². The van der Waals surface area contributed by atoms with E-state index in [9.17, 15) is 4.79 Å². The van der Waals surface area contributed by atoms with Crippen LogP contribution >= 0.6 is 11.6 Å². The first-order chi connectivity index (χ1) is 11.1. The molecule has 2 atom stereocenters. The van der Waals surface area contributed by atoms with Crippen molar-refractivity contribution in [2.75, 3.05) is 19.0 Å². The van der Waals surface area contributed by atoms with Crippen molar-refractivity contribution in [2.24, 2.45) is 5.41 Å². The molecule has 5 nitrogen and oxygen atoms in total. The van der Waals surface area contributed by atoms with Crippen LogP contribution in [0.1, 0.15) is 39.0 Å². The first kappa shape index (κ1) is 16.5. The summed E-state index contributed by atoms with van der Waals surface area (Å²) in [5.41, 5.74) is 0.813. The quantitative estimate of drug-likeness (QED) is 0.847. The minimum atomic E-state index is -0.0969. The highest BCUT2D eigenvalue weighted by Crippen LogP contribution is 2.56. The summed E-state index contributed by atoms with van der Waals surface area (Å²) < 4.78 is 5.92. The first-order valence-electron chi connectivity index (χ1n) is 8.34. The van der Waals surface area contributed by atoms with Gasteiger partial charge in [0.25, 0.3) is 0 Å². The van der Waals surface area contributed by atoms with Crippen LogP contribution < -0.4 is 5.32 Å². The molecule has 1 N–H and O–H groups in total. The highest BCUT2D eigenvalue weighted by atomic mass is 35.5. The number of carbonyl (C=O) groups is 1. The van der Waals surface area contributed by atoms with Gasteiger partial charge < -0.3 is 15.0 Å². The molecule has 1 spiro atoms. The van der Waals surface area contributed by atoms with E-state index in [0.29, 0.717) is 16.9 Å². The third kappa shape index (κ3) is 3.04. The maximum absolute atomic E-state index is 12.5. The largest absolute Gasteiger partial charge is 0.378 e. The lowest BCUT2D eigenvalue weighted by atomic mass is 9.60. The van der Waals surface area contributed by atoms with E-state index in [1.54, 1.807) is 18.3 Å². The van der Waals surface area contributed by atoms with Crippen molar-refractivity contribution in [3.05, 3.63) is 23.5 Å². The zero-order valence-corrected chi connectivity index (χ0v) is 14.5. The van der Waals surface area contributed by atoms with Crippen LogP contribution in [0.25, 0.3) is 0 Å². The van der Waals surface area contributed by atoms with Crippen molar-refractivity contribution in [2.45, 2.75) is 51.2 Å². The van der Waals surface area contributed by atoms with Crippen LogP contribution in [-0.4, -0.2) is 41.7 Å². The summed E-state index contributed by atoms with van der Waals surface area (Å²) in [6, 6.07) is 3.59. The van der Waals surface area contributed by atoms with Crippen molar-refractivity contribution in [1.82, 2.24) is 9.88 Å². The fourth-order valence-corrected chi connectivity index (χ4v) is 4.31. The minimum Gasteiger partial charge on any atom is -0.378 e. The SMILES string of the molecule is CCO[C@H]1C[C@H](N(C)C(=O)Nc2ccc(Cl)nc2)C12CCCC2. The highest BCUT2D eigenvalue weighted by molar-refractivity contribution is 6.29. The number of aromatic nitrogens is 1. The molecule has 1 aromatic heterocycles. The van der Waals surface area contributed by atoms with Crippen molar-refractivity contribution >= 4 is 23.3 Å². The molecule has 0 aliphatic heterocycles. The number of amides is 2. The molecule has 0 radical (unpaired) electrons. The standard InChI is InChI=1S/C17H24ClN3O2/c1-3-23-14-10-13(17(14)8-4-5-9-17)21(2)16(22)20-12-6-7-15(18)19-11-12/h6-7,11,13-14H,3-5,8-10H2,1-2H3,(H,20,22)/t13-,14-/m0/s1. The van der Waals surface area contributed by atoms with Gasteiger partial charge in [-0.25, -0.2) is 9.78 Å². The van der Waals surface area contributed by atoms with Crippen molar-refractivity contribution in [1.29, 1.82) is 0 Å². The van der Waals surface area contributed by atoms with E-state index >= 15 is 0 Å². The number of nitrogens with zero attached hydrogens (tertiary/aromatic N) is 2. The molecule has 0 saturated heterocycles. The van der Waals surface area contributed by atoms with Crippen LogP contribution in [0.5, 0.6) is 0 Å². The lowest BCUT2D eigenvalue weighted by Gasteiger charge is -2.56. The molecule has 3 rings (SSSR count). The van der Waals surface area contributed by atoms with Gasteiger partial charge in [0.1, 0.15) is 5.15 Å². The summed E-state index contributed by atoms with van der Waals surface area (Å²) in [6.45, 7) is 2.78. The Hall–Kier alpha value is -1.33. The Bertz CT molecular complexity index is 557. The molecule has 2 aliphatic rings. The maximum atomic E-state index is 12.5. The van der Waals surface area contributed by atoms with Gasteiger partial charge in [-0.05, 0) is 38.3 Å². The second-order valence-electron chi connectivity index (χ2n) is 6.55. The minimum absolute atomic E-state index is 0.0969. The summed E-state index contributed by atoms with van der Waals surface area (Å²) in [5, 5.41) is 3.31. The summed E-state index contributed by atoms with van der Waals surface area (Å²) in [5.74, 6) is 0. The van der Waals surface area contributed by atoms with Crippen LogP contribution in [0, 0.1) is 5.41 Å². The number of anilines is 1. The van der Waals surface area contributed by atoms with E-state index in [2.05, 4.69) is 10.3 Å². The molecular weight excluding hydrogens is 314 g/mol. The smallest absolute Gasteiger partial charge is 0.321 e. The Balaban J connectivity index is 1.66. The van der Waals surface area contributed by atoms with Crippen LogP contribution in [0.2, 0.25) is 5.15 Å². The molecule has 2 saturated carbocycles. The number of nitrogens with one attached hydrogen (secondary N) is 1. The van der Waals surface area contributed by atoms with Crippen LogP contribution in [-0.2, 0) is 4.74 Å². The number of rotatable bonds is 4. The Kier molecular flexibility index (Phi) is 4.78. The molecule has 126 valence electrons. The topological polar surface area (TPSA) is 54.5 Å². The summed E-state index contributed by atoms with van der Waals surface area (Å²) in [6.07, 6.45) is 7.57. The molecule has 0 bridgehead atoms. The molecule has 0 aromatic carbocycles. The van der Waals surface area contributed by atoms with Gasteiger partial charge in [0.15, 0.2) is 0 Å². The number of pyridine rings is 1. The summed E-state index contributed by atoms with van der Waals surface area (Å²) >= 11 is 5.77. The molecule has 0 unspecified atom stereocenters. The number of carbonyl (C=O) groups excluding carboxylic acids is 1. The molecule has 23 heavy (non-hydrogen) atoms. The second-order valence-corrected chi connectivity index (χ2v) is 6.93. The Labute approximate surface area is 142 Å². The van der Waals surface area contributed by atoms with E-state index in [1.165, 1.54) is 12.8 Å². The molecule has 2 amide bonds. The Morgan fingerprint density at radius 1 is 1.48 bits per heavy atom. The lowest BCUT2D eigenvalue weighted by molar-refractivity contribution is -0.150. The zero-order chi connectivity index (χ0) is 16.4. The van der Waals surface area contributed by atoms with Gasteiger partial charge in [0.2, 0.25) is 0 Å². The first-order valence-corrected chi connectivity index (χ1v) is 8.71. The average Bonchev–Trinajstić information content (AvgIpc) is 3.05. The van der Waals surface area contributed by atoms with E-state index in [1.807, 2.05) is 18.9 Å². The van der Waals surface area contributed by atoms with Crippen molar-refractivity contribution < 1.29 is 9.53 Å². The highest BCUT2D eigenvalue weighted by Gasteiger charge is 2.58. The van der Waals surface area contributed by atoms with Gasteiger partial charge in [0.05, 0.1) is 18.0 Å². The van der Waals surface area contributed by atoms with Crippen molar-refractivity contribution in [3.63, 3.8) is 0 Å². The van der Waals surface area contributed by atoms with Gasteiger partial charge in [-0.2, -0.15) is 0 Å². The second kappa shape index (κ2) is 6.65. The average molecular weight is 338 g/mol. The number of hydrogen-bond acceptors (Lipinski definition) is 3. The fraction of sp³-hybridized carbons (Fsp3) is 0.647. The third-order valence-corrected chi connectivity index (χ3v) is 5.63.